The predicted octanol–water partition coefficient (Wildman–Crippen LogP) is 4.61. The van der Waals surface area contributed by atoms with Gasteiger partial charge in [-0.3, -0.25) is 9.59 Å². The SMILES string of the molecule is C=CCn1c(SCC(=O)Nc2ccc(C)cc2C)nnc1[C@H](C)NC(=O)c1cccc(C)c1. The first kappa shape index (κ1) is 24.3. The van der Waals surface area contributed by atoms with E-state index in [-0.39, 0.29) is 23.6 Å². The molecule has 0 saturated carbocycles. The Hall–Kier alpha value is -3.39. The second-order valence-corrected chi connectivity index (χ2v) is 8.90. The predicted molar refractivity (Wildman–Crippen MR) is 133 cm³/mol. The van der Waals surface area contributed by atoms with Crippen LogP contribution in [0.25, 0.3) is 0 Å². The zero-order valence-corrected chi connectivity index (χ0v) is 20.2. The molecule has 0 spiro atoms. The lowest BCUT2D eigenvalue weighted by Crippen LogP contribution is -2.29. The molecule has 8 heteroatoms. The van der Waals surface area contributed by atoms with Crippen molar-refractivity contribution in [3.63, 3.8) is 0 Å². The van der Waals surface area contributed by atoms with Gasteiger partial charge in [-0.25, -0.2) is 0 Å². The average molecular weight is 464 g/mol. The van der Waals surface area contributed by atoms with Gasteiger partial charge in [0.2, 0.25) is 5.91 Å². The molecular weight excluding hydrogens is 434 g/mol. The van der Waals surface area contributed by atoms with Crippen molar-refractivity contribution in [1.82, 2.24) is 20.1 Å². The third-order valence-corrected chi connectivity index (χ3v) is 6.03. The number of carbonyl (C=O) groups is 2. The minimum atomic E-state index is -0.371. The number of carbonyl (C=O) groups excluding carboxylic acids is 2. The van der Waals surface area contributed by atoms with E-state index in [1.54, 1.807) is 12.1 Å². The summed E-state index contributed by atoms with van der Waals surface area (Å²) in [6.07, 6.45) is 1.74. The lowest BCUT2D eigenvalue weighted by Gasteiger charge is -2.15. The zero-order chi connectivity index (χ0) is 24.0. The van der Waals surface area contributed by atoms with Crippen molar-refractivity contribution in [2.24, 2.45) is 0 Å². The molecule has 0 unspecified atom stereocenters. The number of rotatable bonds is 9. The Morgan fingerprint density at radius 1 is 1.12 bits per heavy atom. The molecule has 0 radical (unpaired) electrons. The molecule has 0 aliphatic carbocycles. The molecule has 7 nitrogen and oxygen atoms in total. The number of benzene rings is 2. The van der Waals surface area contributed by atoms with Gasteiger partial charge in [-0.1, -0.05) is 53.2 Å². The normalized spacial score (nSPS) is 11.6. The van der Waals surface area contributed by atoms with Crippen molar-refractivity contribution in [1.29, 1.82) is 0 Å². The Morgan fingerprint density at radius 3 is 2.58 bits per heavy atom. The minimum absolute atomic E-state index is 0.123. The van der Waals surface area contributed by atoms with Crippen LogP contribution in [0.5, 0.6) is 0 Å². The summed E-state index contributed by atoms with van der Waals surface area (Å²) >= 11 is 1.30. The van der Waals surface area contributed by atoms with Crippen molar-refractivity contribution in [3.8, 4) is 0 Å². The highest BCUT2D eigenvalue weighted by Crippen LogP contribution is 2.22. The lowest BCUT2D eigenvalue weighted by atomic mass is 10.1. The summed E-state index contributed by atoms with van der Waals surface area (Å²) in [5, 5.41) is 15.1. The number of aryl methyl sites for hydroxylation is 3. The van der Waals surface area contributed by atoms with Crippen LogP contribution in [0.15, 0.2) is 60.3 Å². The average Bonchev–Trinajstić information content (AvgIpc) is 3.17. The monoisotopic (exact) mass is 463 g/mol. The molecule has 1 heterocycles. The van der Waals surface area contributed by atoms with Gasteiger partial charge in [-0.2, -0.15) is 0 Å². The summed E-state index contributed by atoms with van der Waals surface area (Å²) in [6.45, 7) is 12.1. The molecule has 0 aliphatic rings. The Balaban J connectivity index is 1.67. The molecule has 0 bridgehead atoms. The van der Waals surface area contributed by atoms with Crippen molar-refractivity contribution >= 4 is 29.3 Å². The number of aromatic nitrogens is 3. The maximum absolute atomic E-state index is 12.6. The van der Waals surface area contributed by atoms with E-state index in [0.29, 0.717) is 23.1 Å². The zero-order valence-electron chi connectivity index (χ0n) is 19.4. The number of thioether (sulfide) groups is 1. The number of hydrogen-bond donors (Lipinski definition) is 2. The molecule has 3 rings (SSSR count). The molecule has 33 heavy (non-hydrogen) atoms. The molecule has 3 aromatic rings. The Labute approximate surface area is 198 Å². The summed E-state index contributed by atoms with van der Waals surface area (Å²) < 4.78 is 1.86. The third-order valence-electron chi connectivity index (χ3n) is 5.06. The molecule has 2 aromatic carbocycles. The maximum Gasteiger partial charge on any atom is 0.251 e. The fourth-order valence-electron chi connectivity index (χ4n) is 3.43. The van der Waals surface area contributed by atoms with Gasteiger partial charge >= 0.3 is 0 Å². The molecule has 1 aromatic heterocycles. The van der Waals surface area contributed by atoms with Gasteiger partial charge in [0.1, 0.15) is 0 Å². The van der Waals surface area contributed by atoms with Gasteiger partial charge in [0.05, 0.1) is 11.8 Å². The summed E-state index contributed by atoms with van der Waals surface area (Å²) in [7, 11) is 0. The van der Waals surface area contributed by atoms with E-state index < -0.39 is 0 Å². The summed E-state index contributed by atoms with van der Waals surface area (Å²) in [6, 6.07) is 12.9. The third kappa shape index (κ3) is 6.32. The van der Waals surface area contributed by atoms with Gasteiger partial charge in [0, 0.05) is 17.8 Å². The Morgan fingerprint density at radius 2 is 1.88 bits per heavy atom. The standard InChI is InChI=1S/C25H29N5O2S/c1-6-12-30-23(19(5)26-24(32)20-9-7-8-16(2)14-20)28-29-25(30)33-15-22(31)27-21-11-10-17(3)13-18(21)4/h6-11,13-14,19H,1,12,15H2,2-5H3,(H,26,32)(H,27,31)/t19-/m0/s1. The highest BCUT2D eigenvalue weighted by atomic mass is 32.2. The molecule has 0 aliphatic heterocycles. The lowest BCUT2D eigenvalue weighted by molar-refractivity contribution is -0.113. The second kappa shape index (κ2) is 11.0. The molecule has 2 amide bonds. The van der Waals surface area contributed by atoms with E-state index in [9.17, 15) is 9.59 Å². The van der Waals surface area contributed by atoms with Crippen LogP contribution in [0.3, 0.4) is 0 Å². The van der Waals surface area contributed by atoms with E-state index in [1.807, 2.05) is 68.7 Å². The number of allylic oxidation sites excluding steroid dienone is 1. The van der Waals surface area contributed by atoms with E-state index in [1.165, 1.54) is 11.8 Å². The number of nitrogens with zero attached hydrogens (tertiary/aromatic N) is 3. The first-order valence-electron chi connectivity index (χ1n) is 10.7. The van der Waals surface area contributed by atoms with Crippen molar-refractivity contribution in [3.05, 3.63) is 83.2 Å². The van der Waals surface area contributed by atoms with Gasteiger partial charge < -0.3 is 15.2 Å². The maximum atomic E-state index is 12.6. The van der Waals surface area contributed by atoms with Crippen LogP contribution in [-0.4, -0.2) is 32.3 Å². The van der Waals surface area contributed by atoms with Gasteiger partial charge in [0.25, 0.3) is 5.91 Å². The highest BCUT2D eigenvalue weighted by molar-refractivity contribution is 7.99. The van der Waals surface area contributed by atoms with Crippen LogP contribution in [0, 0.1) is 20.8 Å². The van der Waals surface area contributed by atoms with Crippen LogP contribution in [-0.2, 0) is 11.3 Å². The first-order valence-corrected chi connectivity index (χ1v) is 11.7. The van der Waals surface area contributed by atoms with Gasteiger partial charge in [-0.05, 0) is 51.5 Å². The molecular formula is C25H29N5O2S. The highest BCUT2D eigenvalue weighted by Gasteiger charge is 2.20. The Kier molecular flexibility index (Phi) is 8.06. The fraction of sp³-hybridized carbons (Fsp3) is 0.280. The summed E-state index contributed by atoms with van der Waals surface area (Å²) in [5.74, 6) is 0.490. The molecule has 1 atom stereocenters. The molecule has 172 valence electrons. The molecule has 2 N–H and O–H groups in total. The van der Waals surface area contributed by atoms with E-state index in [2.05, 4.69) is 27.4 Å². The number of amides is 2. The molecule has 0 fully saturated rings. The largest absolute Gasteiger partial charge is 0.342 e. The van der Waals surface area contributed by atoms with E-state index in [0.717, 1.165) is 22.4 Å². The van der Waals surface area contributed by atoms with Crippen LogP contribution in [0.4, 0.5) is 5.69 Å². The second-order valence-electron chi connectivity index (χ2n) is 7.96. The molecule has 0 saturated heterocycles. The van der Waals surface area contributed by atoms with Crippen molar-refractivity contribution in [2.75, 3.05) is 11.1 Å². The van der Waals surface area contributed by atoms with Crippen LogP contribution >= 0.6 is 11.8 Å². The summed E-state index contributed by atoms with van der Waals surface area (Å²) in [4.78, 5) is 25.1. The van der Waals surface area contributed by atoms with Crippen molar-refractivity contribution < 1.29 is 9.59 Å². The smallest absolute Gasteiger partial charge is 0.251 e. The van der Waals surface area contributed by atoms with Gasteiger partial charge in [-0.15, -0.1) is 16.8 Å². The minimum Gasteiger partial charge on any atom is -0.342 e. The topological polar surface area (TPSA) is 88.9 Å². The Bertz CT molecular complexity index is 1170. The van der Waals surface area contributed by atoms with Gasteiger partial charge in [0.15, 0.2) is 11.0 Å². The number of hydrogen-bond acceptors (Lipinski definition) is 5. The first-order chi connectivity index (χ1) is 15.8. The number of anilines is 1. The quantitative estimate of drug-likeness (QED) is 0.357. The number of nitrogens with one attached hydrogen (secondary N) is 2. The van der Waals surface area contributed by atoms with Crippen LogP contribution < -0.4 is 10.6 Å². The van der Waals surface area contributed by atoms with Crippen LogP contribution in [0.2, 0.25) is 0 Å². The summed E-state index contributed by atoms with van der Waals surface area (Å²) in [5.41, 5.74) is 4.57. The van der Waals surface area contributed by atoms with E-state index >= 15 is 0 Å². The van der Waals surface area contributed by atoms with Crippen molar-refractivity contribution in [2.45, 2.75) is 45.4 Å². The fourth-order valence-corrected chi connectivity index (χ4v) is 4.18. The van der Waals surface area contributed by atoms with E-state index in [4.69, 9.17) is 0 Å². The van der Waals surface area contributed by atoms with Crippen LogP contribution in [0.1, 0.15) is 45.8 Å².